The van der Waals surface area contributed by atoms with Gasteiger partial charge in [0, 0.05) is 10.8 Å². The Morgan fingerprint density at radius 1 is 1.00 bits per heavy atom. The van der Waals surface area contributed by atoms with E-state index < -0.39 is 0 Å². The van der Waals surface area contributed by atoms with Crippen molar-refractivity contribution in [3.63, 3.8) is 0 Å². The van der Waals surface area contributed by atoms with Crippen LogP contribution in [-0.4, -0.2) is 0 Å². The number of benzene rings is 2. The van der Waals surface area contributed by atoms with E-state index in [1.54, 1.807) is 11.8 Å². The predicted octanol–water partition coefficient (Wildman–Crippen LogP) is 5.55. The minimum absolute atomic E-state index is 0.791. The van der Waals surface area contributed by atoms with Crippen LogP contribution in [0.3, 0.4) is 0 Å². The molecule has 0 saturated heterocycles. The zero-order valence-corrected chi connectivity index (χ0v) is 11.8. The maximum Gasteiger partial charge on any atom is 0.0406 e. The molecule has 0 atom stereocenters. The summed E-state index contributed by atoms with van der Waals surface area (Å²) < 4.78 is 0. The quantitative estimate of drug-likeness (QED) is 0.704. The molecule has 2 heteroatoms. The van der Waals surface area contributed by atoms with Gasteiger partial charge in [0.25, 0.3) is 0 Å². The second kappa shape index (κ2) is 6.67. The molecule has 0 N–H and O–H groups in total. The molecule has 18 heavy (non-hydrogen) atoms. The Kier molecular flexibility index (Phi) is 4.91. The molecule has 0 spiro atoms. The molecule has 2 rings (SSSR count). The van der Waals surface area contributed by atoms with E-state index in [2.05, 4.69) is 54.8 Å². The topological polar surface area (TPSA) is 0 Å². The molecule has 92 valence electrons. The summed E-state index contributed by atoms with van der Waals surface area (Å²) in [4.78, 5) is 0. The van der Waals surface area contributed by atoms with Gasteiger partial charge in [0.2, 0.25) is 0 Å². The lowest BCUT2D eigenvalue weighted by Gasteiger charge is -1.98. The van der Waals surface area contributed by atoms with E-state index in [-0.39, 0.29) is 0 Å². The first-order valence-electron chi connectivity index (χ1n) is 5.83. The van der Waals surface area contributed by atoms with Gasteiger partial charge < -0.3 is 0 Å². The van der Waals surface area contributed by atoms with Gasteiger partial charge >= 0.3 is 0 Å². The van der Waals surface area contributed by atoms with Crippen molar-refractivity contribution < 1.29 is 0 Å². The number of thioether (sulfide) groups is 1. The normalized spacial score (nSPS) is 11.0. The first-order chi connectivity index (χ1) is 8.74. The van der Waals surface area contributed by atoms with Crippen LogP contribution in [0.5, 0.6) is 0 Å². The molecule has 0 aliphatic heterocycles. The molecule has 0 bridgehead atoms. The van der Waals surface area contributed by atoms with E-state index in [9.17, 15) is 0 Å². The standard InChI is InChI=1S/C16H15ClS/c1-13-2-4-14(5-3-13)10-11-18-12-15-6-8-16(17)9-7-15/h2-11H,12H2,1H3/b11-10-. The van der Waals surface area contributed by atoms with Gasteiger partial charge in [-0.15, -0.1) is 11.8 Å². The molecule has 0 aliphatic rings. The minimum Gasteiger partial charge on any atom is -0.129 e. The molecule has 0 aliphatic carbocycles. The maximum absolute atomic E-state index is 5.84. The summed E-state index contributed by atoms with van der Waals surface area (Å²) >= 11 is 7.63. The lowest BCUT2D eigenvalue weighted by molar-refractivity contribution is 1.42. The van der Waals surface area contributed by atoms with Crippen molar-refractivity contribution in [2.45, 2.75) is 12.7 Å². The van der Waals surface area contributed by atoms with Gasteiger partial charge in [-0.05, 0) is 41.7 Å². The van der Waals surface area contributed by atoms with Crippen molar-refractivity contribution >= 4 is 29.4 Å². The molecule has 0 fully saturated rings. The summed E-state index contributed by atoms with van der Waals surface area (Å²) in [7, 11) is 0. The van der Waals surface area contributed by atoms with Crippen LogP contribution in [0.15, 0.2) is 53.9 Å². The van der Waals surface area contributed by atoms with Gasteiger partial charge in [-0.1, -0.05) is 53.6 Å². The van der Waals surface area contributed by atoms with Gasteiger partial charge in [0.05, 0.1) is 0 Å². The van der Waals surface area contributed by atoms with E-state index in [1.807, 2.05) is 12.1 Å². The number of hydrogen-bond acceptors (Lipinski definition) is 1. The molecule has 0 nitrogen and oxygen atoms in total. The summed E-state index contributed by atoms with van der Waals surface area (Å²) in [6.45, 7) is 2.10. The fourth-order valence-corrected chi connectivity index (χ4v) is 2.39. The van der Waals surface area contributed by atoms with Crippen molar-refractivity contribution in [2.24, 2.45) is 0 Å². The Balaban J connectivity index is 1.84. The Morgan fingerprint density at radius 3 is 2.33 bits per heavy atom. The Labute approximate surface area is 118 Å². The highest BCUT2D eigenvalue weighted by Gasteiger charge is 1.92. The zero-order chi connectivity index (χ0) is 12.8. The first-order valence-corrected chi connectivity index (χ1v) is 7.26. The third kappa shape index (κ3) is 4.25. The first kappa shape index (κ1) is 13.3. The minimum atomic E-state index is 0.791. The summed E-state index contributed by atoms with van der Waals surface area (Å²) in [5, 5.41) is 2.93. The van der Waals surface area contributed by atoms with Crippen LogP contribution >= 0.6 is 23.4 Å². The fraction of sp³-hybridized carbons (Fsp3) is 0.125. The largest absolute Gasteiger partial charge is 0.129 e. The third-order valence-corrected chi connectivity index (χ3v) is 3.68. The highest BCUT2D eigenvalue weighted by Crippen LogP contribution is 2.17. The lowest BCUT2D eigenvalue weighted by Crippen LogP contribution is -1.77. The van der Waals surface area contributed by atoms with E-state index in [4.69, 9.17) is 11.6 Å². The molecule has 2 aromatic carbocycles. The van der Waals surface area contributed by atoms with Crippen LogP contribution in [0, 0.1) is 6.92 Å². The molecular weight excluding hydrogens is 260 g/mol. The van der Waals surface area contributed by atoms with Gasteiger partial charge in [-0.3, -0.25) is 0 Å². The van der Waals surface area contributed by atoms with Crippen LogP contribution < -0.4 is 0 Å². The summed E-state index contributed by atoms with van der Waals surface area (Å²) in [6.07, 6.45) is 2.14. The van der Waals surface area contributed by atoms with Crippen molar-refractivity contribution in [1.29, 1.82) is 0 Å². The highest BCUT2D eigenvalue weighted by molar-refractivity contribution is 8.01. The number of hydrogen-bond donors (Lipinski definition) is 0. The van der Waals surface area contributed by atoms with Gasteiger partial charge in [-0.25, -0.2) is 0 Å². The van der Waals surface area contributed by atoms with Crippen LogP contribution in [0.1, 0.15) is 16.7 Å². The van der Waals surface area contributed by atoms with Crippen LogP contribution in [0.25, 0.3) is 6.08 Å². The zero-order valence-electron chi connectivity index (χ0n) is 10.3. The monoisotopic (exact) mass is 274 g/mol. The predicted molar refractivity (Wildman–Crippen MR) is 83.0 cm³/mol. The number of rotatable bonds is 4. The van der Waals surface area contributed by atoms with Crippen LogP contribution in [-0.2, 0) is 5.75 Å². The smallest absolute Gasteiger partial charge is 0.0406 e. The molecule has 0 saturated carbocycles. The maximum atomic E-state index is 5.84. The second-order valence-electron chi connectivity index (χ2n) is 4.15. The molecule has 2 aromatic rings. The van der Waals surface area contributed by atoms with Crippen molar-refractivity contribution in [3.8, 4) is 0 Å². The van der Waals surface area contributed by atoms with E-state index in [0.717, 1.165) is 10.8 Å². The van der Waals surface area contributed by atoms with E-state index in [0.29, 0.717) is 0 Å². The molecule has 0 amide bonds. The fourth-order valence-electron chi connectivity index (χ4n) is 1.53. The molecule has 0 aromatic heterocycles. The van der Waals surface area contributed by atoms with Crippen LogP contribution in [0.4, 0.5) is 0 Å². The number of halogens is 1. The molecule has 0 radical (unpaired) electrons. The lowest BCUT2D eigenvalue weighted by atomic mass is 10.2. The van der Waals surface area contributed by atoms with Gasteiger partial charge in [0.1, 0.15) is 0 Å². The average molecular weight is 275 g/mol. The Morgan fingerprint density at radius 2 is 1.67 bits per heavy atom. The molecular formula is C16H15ClS. The van der Waals surface area contributed by atoms with Crippen molar-refractivity contribution in [2.75, 3.05) is 0 Å². The van der Waals surface area contributed by atoms with Crippen molar-refractivity contribution in [1.82, 2.24) is 0 Å². The average Bonchev–Trinajstić information content (AvgIpc) is 2.39. The van der Waals surface area contributed by atoms with E-state index >= 15 is 0 Å². The SMILES string of the molecule is Cc1ccc(/C=C\SCc2ccc(Cl)cc2)cc1. The Hall–Kier alpha value is -1.18. The summed E-state index contributed by atoms with van der Waals surface area (Å²) in [5.41, 5.74) is 3.82. The highest BCUT2D eigenvalue weighted by atomic mass is 35.5. The third-order valence-electron chi connectivity index (χ3n) is 2.60. The summed E-state index contributed by atoms with van der Waals surface area (Å²) in [6, 6.07) is 16.5. The number of aryl methyl sites for hydroxylation is 1. The van der Waals surface area contributed by atoms with Crippen LogP contribution in [0.2, 0.25) is 5.02 Å². The van der Waals surface area contributed by atoms with E-state index in [1.165, 1.54) is 16.7 Å². The summed E-state index contributed by atoms with van der Waals surface area (Å²) in [5.74, 6) is 0.972. The van der Waals surface area contributed by atoms with Gasteiger partial charge in [-0.2, -0.15) is 0 Å². The van der Waals surface area contributed by atoms with Crippen molar-refractivity contribution in [3.05, 3.63) is 75.7 Å². The molecule has 0 heterocycles. The Bertz CT molecular complexity index is 512. The van der Waals surface area contributed by atoms with Gasteiger partial charge in [0.15, 0.2) is 0 Å². The second-order valence-corrected chi connectivity index (χ2v) is 5.48. The molecule has 0 unspecified atom stereocenters.